The van der Waals surface area contributed by atoms with Gasteiger partial charge in [0.05, 0.1) is 70.2 Å². The van der Waals surface area contributed by atoms with Crippen molar-refractivity contribution in [2.24, 2.45) is 0 Å². The molecular weight excluding hydrogens is 1890 g/mol. The van der Waals surface area contributed by atoms with Crippen molar-refractivity contribution in [2.75, 3.05) is 100 Å². The van der Waals surface area contributed by atoms with Crippen LogP contribution in [0.4, 0.5) is 48.5 Å². The van der Waals surface area contributed by atoms with Gasteiger partial charge in [0.1, 0.15) is 22.9 Å². The molecule has 2 unspecified atom stereocenters. The molecule has 42 heteroatoms. The number of thiazole rings is 4. The predicted molar refractivity (Wildman–Crippen MR) is 551 cm³/mol. The minimum Gasteiger partial charge on any atom is -0.393 e. The van der Waals surface area contributed by atoms with Crippen LogP contribution < -0.4 is 42.5 Å². The number of piperidine rings is 1. The summed E-state index contributed by atoms with van der Waals surface area (Å²) < 4.78 is 30.9. The highest BCUT2D eigenvalue weighted by atomic mass is 32.1. The number of urea groups is 4. The van der Waals surface area contributed by atoms with Crippen molar-refractivity contribution < 1.29 is 53.5 Å². The van der Waals surface area contributed by atoms with E-state index in [1.807, 2.05) is 137 Å². The number of aliphatic hydroxyl groups excluding tert-OH is 2. The van der Waals surface area contributed by atoms with E-state index in [1.54, 1.807) is 96.6 Å². The first kappa shape index (κ1) is 102. The summed E-state index contributed by atoms with van der Waals surface area (Å²) in [4.78, 5) is 127. The highest BCUT2D eigenvalue weighted by molar-refractivity contribution is 7.24. The maximum absolute atomic E-state index is 13.6. The summed E-state index contributed by atoms with van der Waals surface area (Å²) in [5.74, 6) is -1.42. The number of nitrogens with one attached hydrogen (secondary N) is 8. The fourth-order valence-corrected chi connectivity index (χ4v) is 19.1. The lowest BCUT2D eigenvalue weighted by atomic mass is 10.0. The molecule has 2 saturated heterocycles. The Hall–Kier alpha value is -14.0. The van der Waals surface area contributed by atoms with Gasteiger partial charge in [-0.3, -0.25) is 51.0 Å². The van der Waals surface area contributed by atoms with E-state index >= 15 is 0 Å². The van der Waals surface area contributed by atoms with Crippen LogP contribution in [0.5, 0.6) is 0 Å². The van der Waals surface area contributed by atoms with Crippen LogP contribution in [0.2, 0.25) is 0 Å². The van der Waals surface area contributed by atoms with Gasteiger partial charge in [-0.2, -0.15) is 0 Å². The highest BCUT2D eigenvalue weighted by Crippen LogP contribution is 2.45. The number of nitrogens with zero attached hydrogens (tertiary/aromatic N) is 19. The summed E-state index contributed by atoms with van der Waals surface area (Å²) in [6.07, 6.45) is 19.4. The maximum atomic E-state index is 13.6. The van der Waals surface area contributed by atoms with E-state index in [-0.39, 0.29) is 42.8 Å². The van der Waals surface area contributed by atoms with Gasteiger partial charge in [-0.25, -0.2) is 87.8 Å². The van der Waals surface area contributed by atoms with Gasteiger partial charge in [-0.15, -0.1) is 0 Å². The van der Waals surface area contributed by atoms with Gasteiger partial charge in [0.15, 0.2) is 43.8 Å². The Morgan fingerprint density at radius 1 is 0.408 bits per heavy atom. The van der Waals surface area contributed by atoms with Gasteiger partial charge in [0.2, 0.25) is 0 Å². The Bertz CT molecular complexity index is 7120. The Kier molecular flexibility index (Phi) is 32.6. The van der Waals surface area contributed by atoms with E-state index in [1.165, 1.54) is 57.8 Å². The molecule has 12 aromatic heterocycles. The molecule has 18 rings (SSSR count). The SMILES string of the molecule is CCNC(=O)Nc1nc2cc(-c3cnc(C(C)(C)O)nc3)cc(-c3cc(CN4CCC(F)(F)CC4)ccn3)c2s1.CCNC(=O)Nc1nc2cc(-c3cnc(C(C)(C)O)nc3)cc(-c3cc(CN4CCN(C)CC4)ccn3)c2s1.CCNC(=O)Nc1nc2cc(-c3cnc(C(C)(O)CO)nc3)cc(-c3ccccn3)c2s1.CCNC(=O)Nc1nc2cc(-c3cnc(C(C)O)nc3)cc(-c3ccc(C)cn3)c2s1. The third kappa shape index (κ3) is 26.0. The van der Waals surface area contributed by atoms with Crippen LogP contribution in [0.15, 0.2) is 177 Å². The number of likely N-dealkylation sites (N-methyl/N-ethyl adjacent to an activating group) is 1. The van der Waals surface area contributed by atoms with Gasteiger partial charge in [-0.05, 0) is 213 Å². The number of rotatable bonds is 25. The molecule has 2 aliphatic rings. The van der Waals surface area contributed by atoms with Gasteiger partial charge in [0, 0.05) is 210 Å². The first-order valence-electron chi connectivity index (χ1n) is 46.1. The number of aromatic nitrogens is 16. The topological polar surface area (TPSA) is 482 Å². The van der Waals surface area contributed by atoms with Gasteiger partial charge in [0.25, 0.3) is 5.92 Å². The van der Waals surface area contributed by atoms with Crippen molar-refractivity contribution >= 4 is 131 Å². The van der Waals surface area contributed by atoms with E-state index < -0.39 is 35.4 Å². The van der Waals surface area contributed by atoms with E-state index in [4.69, 9.17) is 9.97 Å². The molecule has 0 aliphatic carbocycles. The second-order valence-corrected chi connectivity index (χ2v) is 39.2. The second-order valence-electron chi connectivity index (χ2n) is 35.2. The van der Waals surface area contributed by atoms with E-state index in [0.29, 0.717) is 106 Å². The number of halogens is 2. The number of anilines is 4. The standard InChI is InChI=1S/C28H31F2N7O2S.C28H34N8O2S.C22H22N6O3S.C22H22N6O2S/c1-4-31-25(38)36-26-35-22-13-18(19-14-33-24(34-15-19)27(2,3)39)12-20(23(22)40-26)21-11-17(5-8-32-21)16-37-9-6-28(29,30)7-10-37;1-5-29-26(37)34-27-33-23-14-19(20-15-31-25(32-16-20)28(2,3)38)13-21(24(23)39-27)22-12-18(6-7-30-22)17-36-10-8-35(4)9-11-36;1-3-23-20(30)28-21-27-17-9-13(14-10-25-19(26-11-14)22(2,31)12-29)8-15(18(17)32-21)16-6-4-5-7-24-16;1-4-23-21(30)28-22-27-18-8-14(15-10-25-20(13(3)29)26-11-15)7-16(19(18)31-22)17-6-5-12(2)9-24-17/h5,8,11-15,39H,4,6-7,9-10,16H2,1-3H3,(H2,31,35,36,38);6-7,12-16,38H,5,8-11,17H2,1-4H3,(H2,29,33,34,37);4-11,29,31H,3,12H2,1-2H3,(H2,23,27,28,30);5-11,13,29H,4H2,1-3H3,(H2,23,27,28,30). The number of likely N-dealkylation sites (tertiary alicyclic amines) is 1. The lowest BCUT2D eigenvalue weighted by molar-refractivity contribution is -0.0566. The fourth-order valence-electron chi connectivity index (χ4n) is 15.2. The smallest absolute Gasteiger partial charge is 0.321 e. The zero-order chi connectivity index (χ0) is 101. The molecule has 14 heterocycles. The normalized spacial score (nSPS) is 14.1. The van der Waals surface area contributed by atoms with E-state index in [2.05, 4.69) is 147 Å². The number of hydrogen-bond donors (Lipinski definition) is 13. The molecule has 2 aliphatic heterocycles. The lowest BCUT2D eigenvalue weighted by Gasteiger charge is -2.32. The third-order valence-electron chi connectivity index (χ3n) is 22.7. The van der Waals surface area contributed by atoms with Crippen LogP contribution in [0.1, 0.15) is 128 Å². The van der Waals surface area contributed by atoms with Crippen LogP contribution in [0.3, 0.4) is 0 Å². The van der Waals surface area contributed by atoms with Crippen LogP contribution >= 0.6 is 45.3 Å². The molecule has 0 saturated carbocycles. The third-order valence-corrected chi connectivity index (χ3v) is 26.8. The van der Waals surface area contributed by atoms with Crippen molar-refractivity contribution in [3.63, 3.8) is 0 Å². The summed E-state index contributed by atoms with van der Waals surface area (Å²) in [6, 6.07) is 32.2. The lowest BCUT2D eigenvalue weighted by Crippen LogP contribution is -2.43. The summed E-state index contributed by atoms with van der Waals surface area (Å²) in [5, 5.41) is 73.7. The van der Waals surface area contributed by atoms with Crippen LogP contribution in [0, 0.1) is 6.92 Å². The Balaban J connectivity index is 0.000000144. The minimum atomic E-state index is -2.59. The fraction of sp³-hybridized carbons (Fsp3) is 0.320. The largest absolute Gasteiger partial charge is 0.393 e. The number of amides is 8. The average Bonchev–Trinajstić information content (AvgIpc) is 1.60. The van der Waals surface area contributed by atoms with Crippen molar-refractivity contribution in [1.82, 2.24) is 116 Å². The number of fused-ring (bicyclic) bond motifs is 4. The molecular formula is C100H109F2N27O9S4. The molecule has 142 heavy (non-hydrogen) atoms. The summed E-state index contributed by atoms with van der Waals surface area (Å²) in [5.41, 5.74) is 15.3. The summed E-state index contributed by atoms with van der Waals surface area (Å²) in [6.45, 7) is 26.9. The van der Waals surface area contributed by atoms with Crippen LogP contribution in [-0.2, 0) is 29.9 Å². The number of aliphatic hydroxyl groups is 5. The first-order valence-corrected chi connectivity index (χ1v) is 49.3. The minimum absolute atomic E-state index is 0.135. The van der Waals surface area contributed by atoms with Crippen molar-refractivity contribution in [3.05, 3.63) is 217 Å². The molecule has 13 N–H and O–H groups in total. The molecule has 0 radical (unpaired) electrons. The zero-order valence-electron chi connectivity index (χ0n) is 80.2. The Morgan fingerprint density at radius 3 is 1.07 bits per heavy atom. The molecule has 2 fully saturated rings. The van der Waals surface area contributed by atoms with Crippen LogP contribution in [0.25, 0.3) is 130 Å². The zero-order valence-corrected chi connectivity index (χ0v) is 83.4. The van der Waals surface area contributed by atoms with Crippen LogP contribution in [-0.4, -0.2) is 229 Å². The number of benzene rings is 4. The van der Waals surface area contributed by atoms with Gasteiger partial charge < -0.3 is 51.7 Å². The number of carbonyl (C=O) groups excluding carboxylic acids is 4. The predicted octanol–water partition coefficient (Wildman–Crippen LogP) is 16.8. The second kappa shape index (κ2) is 45.3. The number of pyridine rings is 4. The van der Waals surface area contributed by atoms with Crippen molar-refractivity contribution in [1.29, 1.82) is 0 Å². The number of hydrogen-bond acceptors (Lipinski definition) is 32. The highest BCUT2D eigenvalue weighted by Gasteiger charge is 2.35. The quantitative estimate of drug-likeness (QED) is 0.0253. The first-order chi connectivity index (χ1) is 68.0. The number of aryl methyl sites for hydroxylation is 1. The van der Waals surface area contributed by atoms with E-state index in [9.17, 15) is 53.5 Å². The van der Waals surface area contributed by atoms with E-state index in [0.717, 1.165) is 152 Å². The maximum Gasteiger partial charge on any atom is 0.321 e. The molecule has 0 spiro atoms. The molecule has 2 atom stereocenters. The molecule has 736 valence electrons. The van der Waals surface area contributed by atoms with Crippen molar-refractivity contribution in [2.45, 2.75) is 131 Å². The molecule has 16 aromatic rings. The summed E-state index contributed by atoms with van der Waals surface area (Å²) in [7, 11) is 2.16. The molecule has 4 aromatic carbocycles. The molecule has 0 bridgehead atoms. The van der Waals surface area contributed by atoms with Gasteiger partial charge >= 0.3 is 24.1 Å². The average molecular weight is 2000 g/mol. The molecule has 36 nitrogen and oxygen atoms in total. The number of alkyl halides is 2. The van der Waals surface area contributed by atoms with Crippen molar-refractivity contribution in [3.8, 4) is 89.5 Å². The monoisotopic (exact) mass is 2000 g/mol. The Labute approximate surface area is 833 Å². The summed E-state index contributed by atoms with van der Waals surface area (Å²) >= 11 is 5.53. The molecule has 8 amide bonds. The Morgan fingerprint density at radius 2 is 0.746 bits per heavy atom. The number of piperazine rings is 1. The number of carbonyl (C=O) groups is 4. The van der Waals surface area contributed by atoms with Gasteiger partial charge in [-0.1, -0.05) is 57.5 Å².